The molecule has 0 atom stereocenters. The number of hydrogen-bond donors (Lipinski definition) is 2. The fraction of sp³-hybridized carbons (Fsp3) is 0.882. The largest absolute Gasteiger partial charge is 0.450 e. The summed E-state index contributed by atoms with van der Waals surface area (Å²) < 4.78 is 5.06. The van der Waals surface area contributed by atoms with E-state index in [1.165, 1.54) is 25.7 Å². The van der Waals surface area contributed by atoms with Gasteiger partial charge in [-0.2, -0.15) is 0 Å². The van der Waals surface area contributed by atoms with E-state index in [1.807, 2.05) is 6.92 Å². The molecule has 0 spiro atoms. The van der Waals surface area contributed by atoms with E-state index in [-0.39, 0.29) is 30.1 Å². The van der Waals surface area contributed by atoms with Gasteiger partial charge in [0.15, 0.2) is 5.96 Å². The predicted molar refractivity (Wildman–Crippen MR) is 108 cm³/mol. The highest BCUT2D eigenvalue weighted by Gasteiger charge is 2.24. The van der Waals surface area contributed by atoms with Crippen molar-refractivity contribution < 1.29 is 9.53 Å². The van der Waals surface area contributed by atoms with E-state index in [9.17, 15) is 4.79 Å². The van der Waals surface area contributed by atoms with Crippen LogP contribution >= 0.6 is 24.0 Å². The Bertz CT molecular complexity index is 394. The van der Waals surface area contributed by atoms with E-state index in [1.54, 1.807) is 4.90 Å². The molecule has 0 radical (unpaired) electrons. The summed E-state index contributed by atoms with van der Waals surface area (Å²) in [5.74, 6) is 1.89. The average molecular weight is 452 g/mol. The second-order valence-electron chi connectivity index (χ2n) is 6.45. The van der Waals surface area contributed by atoms with Crippen molar-refractivity contribution in [3.63, 3.8) is 0 Å². The van der Waals surface area contributed by atoms with Crippen LogP contribution in [-0.4, -0.2) is 55.8 Å². The van der Waals surface area contributed by atoms with Gasteiger partial charge >= 0.3 is 6.09 Å². The molecular weight excluding hydrogens is 419 g/mol. The summed E-state index contributed by atoms with van der Waals surface area (Å²) in [6, 6.07) is 0.377. The van der Waals surface area contributed by atoms with Crippen LogP contribution in [-0.2, 0) is 4.74 Å². The maximum atomic E-state index is 11.7. The number of likely N-dealkylation sites (tertiary alicyclic amines) is 1. The molecule has 0 aromatic rings. The van der Waals surface area contributed by atoms with Gasteiger partial charge in [-0.15, -0.1) is 24.0 Å². The average Bonchev–Trinajstić information content (AvgIpc) is 3.37. The zero-order valence-corrected chi connectivity index (χ0v) is 17.4. The molecule has 1 saturated carbocycles. The Kier molecular flexibility index (Phi) is 10.4. The molecule has 0 bridgehead atoms. The molecule has 0 unspecified atom stereocenters. The molecule has 2 fully saturated rings. The van der Waals surface area contributed by atoms with Crippen molar-refractivity contribution in [3.8, 4) is 0 Å². The third kappa shape index (κ3) is 7.90. The van der Waals surface area contributed by atoms with Crippen LogP contribution in [0.1, 0.15) is 52.4 Å². The van der Waals surface area contributed by atoms with Crippen molar-refractivity contribution >= 4 is 36.0 Å². The predicted octanol–water partition coefficient (Wildman–Crippen LogP) is 2.97. The summed E-state index contributed by atoms with van der Waals surface area (Å²) >= 11 is 0. The van der Waals surface area contributed by atoms with Gasteiger partial charge in [-0.25, -0.2) is 4.79 Å². The number of ether oxygens (including phenoxy) is 1. The minimum absolute atomic E-state index is 0. The van der Waals surface area contributed by atoms with Crippen LogP contribution in [0.2, 0.25) is 0 Å². The van der Waals surface area contributed by atoms with Crippen LogP contribution in [0.4, 0.5) is 4.79 Å². The van der Waals surface area contributed by atoms with Gasteiger partial charge in [0.1, 0.15) is 0 Å². The van der Waals surface area contributed by atoms with Gasteiger partial charge in [0.05, 0.1) is 6.61 Å². The van der Waals surface area contributed by atoms with E-state index in [0.717, 1.165) is 50.9 Å². The van der Waals surface area contributed by atoms with Gasteiger partial charge in [0.2, 0.25) is 0 Å². The second kappa shape index (κ2) is 11.8. The molecule has 0 aromatic heterocycles. The van der Waals surface area contributed by atoms with Gasteiger partial charge in [0.25, 0.3) is 0 Å². The Balaban J connectivity index is 0.00000288. The van der Waals surface area contributed by atoms with E-state index >= 15 is 0 Å². The van der Waals surface area contributed by atoms with Gasteiger partial charge in [0, 0.05) is 32.2 Å². The number of hydrogen-bond acceptors (Lipinski definition) is 3. The Morgan fingerprint density at radius 1 is 1.21 bits per heavy atom. The minimum Gasteiger partial charge on any atom is -0.450 e. The number of rotatable bonds is 7. The lowest BCUT2D eigenvalue weighted by Gasteiger charge is -2.32. The molecule has 0 aromatic carbocycles. The number of guanidine groups is 1. The summed E-state index contributed by atoms with van der Waals surface area (Å²) in [5, 5.41) is 6.83. The van der Waals surface area contributed by atoms with Gasteiger partial charge < -0.3 is 20.3 Å². The first-order valence-electron chi connectivity index (χ1n) is 9.19. The van der Waals surface area contributed by atoms with Crippen LogP contribution in [0, 0.1) is 5.92 Å². The lowest BCUT2D eigenvalue weighted by molar-refractivity contribution is 0.0963. The van der Waals surface area contributed by atoms with E-state index in [0.29, 0.717) is 12.6 Å². The quantitative estimate of drug-likeness (QED) is 0.270. The SMILES string of the molecule is CCNC(=NCCCC1CC1)NC1CCN(C(=O)OCC)CC1.I. The first kappa shape index (κ1) is 21.3. The van der Waals surface area contributed by atoms with Gasteiger partial charge in [-0.3, -0.25) is 4.99 Å². The first-order valence-corrected chi connectivity index (χ1v) is 9.19. The van der Waals surface area contributed by atoms with E-state index < -0.39 is 0 Å². The van der Waals surface area contributed by atoms with Crippen LogP contribution in [0.5, 0.6) is 0 Å². The maximum Gasteiger partial charge on any atom is 0.409 e. The molecule has 1 heterocycles. The molecule has 1 aliphatic carbocycles. The smallest absolute Gasteiger partial charge is 0.409 e. The Morgan fingerprint density at radius 3 is 2.50 bits per heavy atom. The molecule has 1 amide bonds. The van der Waals surface area contributed by atoms with Crippen LogP contribution in [0.15, 0.2) is 4.99 Å². The standard InChI is InChI=1S/C17H32N4O2.HI/c1-3-18-16(19-11-5-6-14-7-8-14)20-15-9-12-21(13-10-15)17(22)23-4-2;/h14-15H,3-13H2,1-2H3,(H2,18,19,20);1H. The zero-order chi connectivity index (χ0) is 16.5. The lowest BCUT2D eigenvalue weighted by atomic mass is 10.1. The van der Waals surface area contributed by atoms with Crippen molar-refractivity contribution in [2.24, 2.45) is 10.9 Å². The van der Waals surface area contributed by atoms with Crippen LogP contribution in [0.25, 0.3) is 0 Å². The topological polar surface area (TPSA) is 66.0 Å². The molecular formula is C17H33IN4O2. The molecule has 140 valence electrons. The number of piperidine rings is 1. The third-order valence-corrected chi connectivity index (χ3v) is 4.44. The fourth-order valence-electron chi connectivity index (χ4n) is 2.91. The molecule has 24 heavy (non-hydrogen) atoms. The number of amides is 1. The number of carbonyl (C=O) groups excluding carboxylic acids is 1. The zero-order valence-electron chi connectivity index (χ0n) is 15.1. The number of carbonyl (C=O) groups is 1. The summed E-state index contributed by atoms with van der Waals surface area (Å²) in [5.41, 5.74) is 0. The van der Waals surface area contributed by atoms with Crippen LogP contribution < -0.4 is 10.6 Å². The van der Waals surface area contributed by atoms with Gasteiger partial charge in [-0.1, -0.05) is 12.8 Å². The van der Waals surface area contributed by atoms with Crippen molar-refractivity contribution in [1.82, 2.24) is 15.5 Å². The third-order valence-electron chi connectivity index (χ3n) is 4.44. The molecule has 2 rings (SSSR count). The van der Waals surface area contributed by atoms with Crippen molar-refractivity contribution in [1.29, 1.82) is 0 Å². The minimum atomic E-state index is -0.188. The number of nitrogens with zero attached hydrogens (tertiary/aromatic N) is 2. The van der Waals surface area contributed by atoms with Crippen molar-refractivity contribution in [3.05, 3.63) is 0 Å². The molecule has 2 aliphatic rings. The maximum absolute atomic E-state index is 11.7. The fourth-order valence-corrected chi connectivity index (χ4v) is 2.91. The first-order chi connectivity index (χ1) is 11.2. The molecule has 1 saturated heterocycles. The van der Waals surface area contributed by atoms with Gasteiger partial charge in [-0.05, 0) is 45.4 Å². The number of halogens is 1. The summed E-state index contributed by atoms with van der Waals surface area (Å²) in [7, 11) is 0. The normalized spacial score (nSPS) is 18.8. The van der Waals surface area contributed by atoms with E-state index in [2.05, 4.69) is 22.5 Å². The summed E-state index contributed by atoms with van der Waals surface area (Å²) in [6.07, 6.45) is 7.02. The monoisotopic (exact) mass is 452 g/mol. The highest BCUT2D eigenvalue weighted by Crippen LogP contribution is 2.33. The Labute approximate surface area is 163 Å². The number of aliphatic imine (C=N–C) groups is 1. The Hall–Kier alpha value is -0.730. The highest BCUT2D eigenvalue weighted by atomic mass is 127. The number of nitrogens with one attached hydrogen (secondary N) is 2. The summed E-state index contributed by atoms with van der Waals surface area (Å²) in [6.45, 7) is 7.63. The highest BCUT2D eigenvalue weighted by molar-refractivity contribution is 14.0. The Morgan fingerprint density at radius 2 is 1.92 bits per heavy atom. The molecule has 7 heteroatoms. The van der Waals surface area contributed by atoms with Crippen LogP contribution in [0.3, 0.4) is 0 Å². The van der Waals surface area contributed by atoms with Crippen molar-refractivity contribution in [2.45, 2.75) is 58.4 Å². The molecule has 2 N–H and O–H groups in total. The molecule has 1 aliphatic heterocycles. The lowest BCUT2D eigenvalue weighted by Crippen LogP contribution is -2.49. The second-order valence-corrected chi connectivity index (χ2v) is 6.45. The summed E-state index contributed by atoms with van der Waals surface area (Å²) in [4.78, 5) is 18.2. The van der Waals surface area contributed by atoms with E-state index in [4.69, 9.17) is 4.74 Å². The molecule has 6 nitrogen and oxygen atoms in total. The van der Waals surface area contributed by atoms with Crippen molar-refractivity contribution in [2.75, 3.05) is 32.8 Å².